The smallest absolute Gasteiger partial charge is 0.123 e. The van der Waals surface area contributed by atoms with E-state index in [1.165, 1.54) is 0 Å². The summed E-state index contributed by atoms with van der Waals surface area (Å²) in [6.07, 6.45) is 0. The monoisotopic (exact) mass is 524 g/mol. The number of rotatable bonds is 7. The highest BCUT2D eigenvalue weighted by Crippen LogP contribution is 2.44. The van der Waals surface area contributed by atoms with Gasteiger partial charge in [-0.15, -0.1) is 0 Å². The third kappa shape index (κ3) is 4.69. The van der Waals surface area contributed by atoms with Gasteiger partial charge in [0.25, 0.3) is 0 Å². The molecule has 6 aromatic rings. The Kier molecular flexibility index (Phi) is 6.75. The van der Waals surface area contributed by atoms with Crippen LogP contribution in [0.2, 0.25) is 0 Å². The first-order valence-electron chi connectivity index (χ1n) is 13.6. The molecule has 6 rings (SSSR count). The van der Waals surface area contributed by atoms with Crippen molar-refractivity contribution in [3.05, 3.63) is 131 Å². The van der Waals surface area contributed by atoms with Gasteiger partial charge in [0.05, 0.1) is 0 Å². The Hall–Kier alpha value is -4.96. The summed E-state index contributed by atoms with van der Waals surface area (Å²) in [4.78, 5) is 0. The first-order valence-corrected chi connectivity index (χ1v) is 13.6. The van der Waals surface area contributed by atoms with Gasteiger partial charge >= 0.3 is 0 Å². The quantitative estimate of drug-likeness (QED) is 0.168. The third-order valence-electron chi connectivity index (χ3n) is 7.69. The average molecular weight is 525 g/mol. The number of fused-ring (bicyclic) bond motifs is 2. The molecule has 0 spiro atoms. The highest BCUT2D eigenvalue weighted by molar-refractivity contribution is 6.13. The molecule has 0 saturated heterocycles. The number of aryl methyl sites for hydroxylation is 2. The molecule has 4 N–H and O–H groups in total. The van der Waals surface area contributed by atoms with Crippen molar-refractivity contribution in [2.45, 2.75) is 26.9 Å². The van der Waals surface area contributed by atoms with E-state index in [4.69, 9.17) is 0 Å². The van der Waals surface area contributed by atoms with Crippen molar-refractivity contribution in [2.75, 3.05) is 10.6 Å². The van der Waals surface area contributed by atoms with Crippen molar-refractivity contribution in [1.29, 1.82) is 0 Å². The first-order chi connectivity index (χ1) is 19.5. The summed E-state index contributed by atoms with van der Waals surface area (Å²) in [5.41, 5.74) is 7.58. The minimum absolute atomic E-state index is 0.322. The zero-order chi connectivity index (χ0) is 27.6. The van der Waals surface area contributed by atoms with Gasteiger partial charge in [-0.05, 0) is 58.7 Å². The second kappa shape index (κ2) is 10.7. The largest absolute Gasteiger partial charge is 0.507 e. The molecule has 0 heterocycles. The van der Waals surface area contributed by atoms with Crippen LogP contribution in [0.3, 0.4) is 0 Å². The molecular weight excluding hydrogens is 492 g/mol. The van der Waals surface area contributed by atoms with Gasteiger partial charge in [0.15, 0.2) is 0 Å². The molecule has 0 aliphatic heterocycles. The van der Waals surface area contributed by atoms with Crippen molar-refractivity contribution in [2.24, 2.45) is 0 Å². The van der Waals surface area contributed by atoms with Crippen LogP contribution in [-0.4, -0.2) is 10.2 Å². The van der Waals surface area contributed by atoms with Crippen LogP contribution < -0.4 is 10.6 Å². The molecule has 0 aromatic heterocycles. The number of aromatic hydroxyl groups is 2. The Bertz CT molecular complexity index is 1720. The number of hydrogen-bond acceptors (Lipinski definition) is 4. The fraction of sp³-hybridized carbons (Fsp3) is 0.111. The van der Waals surface area contributed by atoms with Crippen molar-refractivity contribution in [3.8, 4) is 22.6 Å². The molecule has 0 bridgehead atoms. The summed E-state index contributed by atoms with van der Waals surface area (Å²) < 4.78 is 0. The predicted molar refractivity (Wildman–Crippen MR) is 167 cm³/mol. The summed E-state index contributed by atoms with van der Waals surface area (Å²) in [6.45, 7) is 4.81. The molecule has 0 radical (unpaired) electrons. The highest BCUT2D eigenvalue weighted by atomic mass is 16.3. The van der Waals surface area contributed by atoms with Crippen LogP contribution in [0.4, 0.5) is 11.4 Å². The minimum atomic E-state index is 0.322. The Labute approximate surface area is 234 Å². The molecule has 0 aliphatic rings. The molecule has 0 aliphatic carbocycles. The van der Waals surface area contributed by atoms with E-state index in [2.05, 4.69) is 83.4 Å². The van der Waals surface area contributed by atoms with Gasteiger partial charge in [-0.2, -0.15) is 0 Å². The molecule has 0 unspecified atom stereocenters. The van der Waals surface area contributed by atoms with Gasteiger partial charge in [-0.1, -0.05) is 97.1 Å². The molecule has 198 valence electrons. The minimum Gasteiger partial charge on any atom is -0.507 e. The number of para-hydroxylation sites is 2. The zero-order valence-corrected chi connectivity index (χ0v) is 22.7. The molecule has 4 nitrogen and oxygen atoms in total. The van der Waals surface area contributed by atoms with E-state index in [-0.39, 0.29) is 0 Å². The van der Waals surface area contributed by atoms with Crippen molar-refractivity contribution in [3.63, 3.8) is 0 Å². The number of phenols is 2. The standard InChI is InChI=1S/C36H32N2O2/c1-23-9-7-13-27(35(23)39)21-37-31-19-17-25-11-3-5-15-29(25)33(31)34-30-16-6-4-12-26(30)18-20-32(34)38-22-28-14-8-10-24(2)36(28)40/h3-20,37-40H,21-22H2,1-2H3. The van der Waals surface area contributed by atoms with E-state index in [0.717, 1.165) is 66.3 Å². The highest BCUT2D eigenvalue weighted by Gasteiger charge is 2.18. The normalized spacial score (nSPS) is 11.2. The van der Waals surface area contributed by atoms with E-state index in [1.807, 2.05) is 50.2 Å². The average Bonchev–Trinajstić information content (AvgIpc) is 2.98. The maximum atomic E-state index is 10.7. The van der Waals surface area contributed by atoms with Crippen LogP contribution >= 0.6 is 0 Å². The second-order valence-corrected chi connectivity index (χ2v) is 10.3. The molecule has 0 fully saturated rings. The van der Waals surface area contributed by atoms with Crippen LogP contribution in [0, 0.1) is 13.8 Å². The van der Waals surface area contributed by atoms with Crippen LogP contribution in [0.1, 0.15) is 22.3 Å². The van der Waals surface area contributed by atoms with E-state index in [1.54, 1.807) is 0 Å². The third-order valence-corrected chi connectivity index (χ3v) is 7.69. The molecule has 0 saturated carbocycles. The summed E-state index contributed by atoms with van der Waals surface area (Å²) in [7, 11) is 0. The molecule has 0 amide bonds. The maximum Gasteiger partial charge on any atom is 0.123 e. The second-order valence-electron chi connectivity index (χ2n) is 10.3. The molecule has 0 atom stereocenters. The lowest BCUT2D eigenvalue weighted by molar-refractivity contribution is 0.464. The number of anilines is 2. The SMILES string of the molecule is Cc1cccc(CNc2ccc3ccccc3c2-c2c(NCc3cccc(C)c3O)ccc3ccccc23)c1O. The topological polar surface area (TPSA) is 64.5 Å². The fourth-order valence-electron chi connectivity index (χ4n) is 5.48. The molecule has 40 heavy (non-hydrogen) atoms. The number of benzene rings is 6. The summed E-state index contributed by atoms with van der Waals surface area (Å²) in [5.74, 6) is 0.644. The predicted octanol–water partition coefficient (Wildman–Crippen LogP) is 8.91. The van der Waals surface area contributed by atoms with Crippen molar-refractivity contribution < 1.29 is 10.2 Å². The van der Waals surface area contributed by atoms with Crippen LogP contribution in [0.5, 0.6) is 11.5 Å². The van der Waals surface area contributed by atoms with Crippen molar-refractivity contribution in [1.82, 2.24) is 0 Å². The number of nitrogens with one attached hydrogen (secondary N) is 2. The number of hydrogen-bond donors (Lipinski definition) is 4. The molecule has 4 heteroatoms. The van der Waals surface area contributed by atoms with Gasteiger partial charge in [-0.3, -0.25) is 0 Å². The van der Waals surface area contributed by atoms with E-state index in [0.29, 0.717) is 24.6 Å². The summed E-state index contributed by atoms with van der Waals surface area (Å²) >= 11 is 0. The Morgan fingerprint density at radius 1 is 0.475 bits per heavy atom. The first kappa shape index (κ1) is 25.3. The zero-order valence-electron chi connectivity index (χ0n) is 22.7. The molecular formula is C36H32N2O2. The molecule has 6 aromatic carbocycles. The van der Waals surface area contributed by atoms with E-state index in [9.17, 15) is 10.2 Å². The van der Waals surface area contributed by atoms with E-state index < -0.39 is 0 Å². The summed E-state index contributed by atoms with van der Waals surface area (Å²) in [5, 5.41) is 33.2. The van der Waals surface area contributed by atoms with Gasteiger partial charge in [0.2, 0.25) is 0 Å². The van der Waals surface area contributed by atoms with Crippen LogP contribution in [0.25, 0.3) is 32.7 Å². The number of phenolic OH excluding ortho intramolecular Hbond substituents is 2. The lowest BCUT2D eigenvalue weighted by atomic mass is 9.90. The van der Waals surface area contributed by atoms with Crippen molar-refractivity contribution >= 4 is 32.9 Å². The lowest BCUT2D eigenvalue weighted by Crippen LogP contribution is -2.05. The van der Waals surface area contributed by atoms with Gasteiger partial charge in [0.1, 0.15) is 11.5 Å². The lowest BCUT2D eigenvalue weighted by Gasteiger charge is -2.21. The van der Waals surface area contributed by atoms with Gasteiger partial charge in [-0.25, -0.2) is 0 Å². The Morgan fingerprint density at radius 2 is 0.900 bits per heavy atom. The maximum absolute atomic E-state index is 10.7. The van der Waals surface area contributed by atoms with Crippen LogP contribution in [-0.2, 0) is 13.1 Å². The fourth-order valence-corrected chi connectivity index (χ4v) is 5.48. The Morgan fingerprint density at radius 3 is 1.35 bits per heavy atom. The van der Waals surface area contributed by atoms with Gasteiger partial charge in [0, 0.05) is 46.7 Å². The summed E-state index contributed by atoms with van der Waals surface area (Å²) in [6, 6.07) is 37.1. The Balaban J connectivity index is 1.52. The van der Waals surface area contributed by atoms with Gasteiger partial charge < -0.3 is 20.8 Å². The van der Waals surface area contributed by atoms with E-state index >= 15 is 0 Å². The van der Waals surface area contributed by atoms with Crippen LogP contribution in [0.15, 0.2) is 109 Å².